The molecular formula is C22H25N5O4. The van der Waals surface area contributed by atoms with Crippen molar-refractivity contribution in [3.63, 3.8) is 0 Å². The lowest BCUT2D eigenvalue weighted by Gasteiger charge is -2.35. The van der Waals surface area contributed by atoms with E-state index in [4.69, 9.17) is 4.42 Å². The Hall–Kier alpha value is -3.75. The third kappa shape index (κ3) is 4.55. The molecule has 2 aromatic heterocycles. The summed E-state index contributed by atoms with van der Waals surface area (Å²) in [5.41, 5.74) is 1.55. The minimum atomic E-state index is -0.687. The Morgan fingerprint density at radius 3 is 2.55 bits per heavy atom. The predicted octanol–water partition coefficient (Wildman–Crippen LogP) is 1.93. The summed E-state index contributed by atoms with van der Waals surface area (Å²) >= 11 is 0. The zero-order valence-corrected chi connectivity index (χ0v) is 17.3. The molecule has 1 fully saturated rings. The second kappa shape index (κ2) is 8.95. The molecule has 4 rings (SSSR count). The molecule has 3 heterocycles. The van der Waals surface area contributed by atoms with Crippen LogP contribution in [0.5, 0.6) is 0 Å². The van der Waals surface area contributed by atoms with E-state index in [0.717, 1.165) is 10.9 Å². The average molecular weight is 423 g/mol. The molecule has 1 aliphatic heterocycles. The van der Waals surface area contributed by atoms with Crippen molar-refractivity contribution >= 4 is 28.7 Å². The van der Waals surface area contributed by atoms with Crippen LogP contribution in [0.1, 0.15) is 23.0 Å². The van der Waals surface area contributed by atoms with E-state index < -0.39 is 6.04 Å². The molecule has 0 unspecified atom stereocenters. The Morgan fingerprint density at radius 1 is 1.06 bits per heavy atom. The number of nitrogens with zero attached hydrogens (tertiary/aromatic N) is 2. The molecule has 0 aliphatic carbocycles. The number of H-pyrrole nitrogens is 1. The number of amides is 4. The third-order valence-corrected chi connectivity index (χ3v) is 5.42. The SMILES string of the molecule is C[C@H](NC(=O)N1CCN(C(=O)c2c[nH]c3ccccc23)CC1)C(=O)NCc1ccco1. The second-order valence-electron chi connectivity index (χ2n) is 7.50. The van der Waals surface area contributed by atoms with Crippen LogP contribution in [0.2, 0.25) is 0 Å². The number of carbonyl (C=O) groups is 3. The summed E-state index contributed by atoms with van der Waals surface area (Å²) in [6, 6.07) is 10.2. The van der Waals surface area contributed by atoms with Crippen LogP contribution in [0, 0.1) is 0 Å². The van der Waals surface area contributed by atoms with Gasteiger partial charge in [0, 0.05) is 43.3 Å². The Morgan fingerprint density at radius 2 is 1.81 bits per heavy atom. The van der Waals surface area contributed by atoms with Gasteiger partial charge in [-0.3, -0.25) is 9.59 Å². The van der Waals surface area contributed by atoms with Gasteiger partial charge in [-0.25, -0.2) is 4.79 Å². The van der Waals surface area contributed by atoms with Gasteiger partial charge in [-0.2, -0.15) is 0 Å². The van der Waals surface area contributed by atoms with Gasteiger partial charge >= 0.3 is 6.03 Å². The van der Waals surface area contributed by atoms with E-state index in [1.54, 1.807) is 35.1 Å². The third-order valence-electron chi connectivity index (χ3n) is 5.42. The molecule has 9 nitrogen and oxygen atoms in total. The lowest BCUT2D eigenvalue weighted by atomic mass is 10.1. The summed E-state index contributed by atoms with van der Waals surface area (Å²) < 4.78 is 5.18. The summed E-state index contributed by atoms with van der Waals surface area (Å²) in [6.45, 7) is 3.57. The van der Waals surface area contributed by atoms with Crippen molar-refractivity contribution in [1.82, 2.24) is 25.4 Å². The van der Waals surface area contributed by atoms with Gasteiger partial charge in [0.2, 0.25) is 5.91 Å². The van der Waals surface area contributed by atoms with Gasteiger partial charge in [-0.15, -0.1) is 0 Å². The number of furan rings is 1. The molecule has 9 heteroatoms. The van der Waals surface area contributed by atoms with Crippen molar-refractivity contribution in [1.29, 1.82) is 0 Å². The van der Waals surface area contributed by atoms with Gasteiger partial charge in [0.15, 0.2) is 0 Å². The van der Waals surface area contributed by atoms with Crippen LogP contribution >= 0.6 is 0 Å². The van der Waals surface area contributed by atoms with E-state index in [2.05, 4.69) is 15.6 Å². The van der Waals surface area contributed by atoms with Gasteiger partial charge in [-0.1, -0.05) is 18.2 Å². The molecule has 1 aromatic carbocycles. The van der Waals surface area contributed by atoms with E-state index in [-0.39, 0.29) is 24.4 Å². The first-order chi connectivity index (χ1) is 15.0. The zero-order chi connectivity index (χ0) is 21.8. The topological polar surface area (TPSA) is 111 Å². The molecule has 0 bridgehead atoms. The number of piperazine rings is 1. The number of nitrogens with one attached hydrogen (secondary N) is 3. The predicted molar refractivity (Wildman–Crippen MR) is 114 cm³/mol. The van der Waals surface area contributed by atoms with E-state index >= 15 is 0 Å². The highest BCUT2D eigenvalue weighted by atomic mass is 16.3. The van der Waals surface area contributed by atoms with Crippen LogP contribution in [0.25, 0.3) is 10.9 Å². The second-order valence-corrected chi connectivity index (χ2v) is 7.50. The molecule has 31 heavy (non-hydrogen) atoms. The Labute approximate surface area is 179 Å². The fourth-order valence-electron chi connectivity index (χ4n) is 3.61. The minimum absolute atomic E-state index is 0.0526. The maximum Gasteiger partial charge on any atom is 0.318 e. The quantitative estimate of drug-likeness (QED) is 0.582. The molecule has 0 spiro atoms. The molecule has 162 valence electrons. The van der Waals surface area contributed by atoms with Crippen molar-refractivity contribution in [3.8, 4) is 0 Å². The molecule has 1 atom stereocenters. The Balaban J connectivity index is 1.26. The number of aromatic nitrogens is 1. The highest BCUT2D eigenvalue weighted by molar-refractivity contribution is 6.06. The van der Waals surface area contributed by atoms with Gasteiger partial charge in [-0.05, 0) is 25.1 Å². The maximum absolute atomic E-state index is 12.9. The summed E-state index contributed by atoms with van der Waals surface area (Å²) in [4.78, 5) is 44.1. The molecule has 3 aromatic rings. The Bertz CT molecular complexity index is 1070. The van der Waals surface area contributed by atoms with Crippen molar-refractivity contribution in [3.05, 3.63) is 60.2 Å². The summed E-state index contributed by atoms with van der Waals surface area (Å²) in [6.07, 6.45) is 3.27. The molecule has 3 N–H and O–H groups in total. The number of aromatic amines is 1. The number of carbonyl (C=O) groups excluding carboxylic acids is 3. The fraction of sp³-hybridized carbons (Fsp3) is 0.318. The van der Waals surface area contributed by atoms with Crippen LogP contribution in [0.4, 0.5) is 4.79 Å². The standard InChI is InChI=1S/C22H25N5O4/c1-15(20(28)24-13-16-5-4-12-31-16)25-22(30)27-10-8-26(9-11-27)21(29)18-14-23-19-7-3-2-6-17(18)19/h2-7,12,14-15,23H,8-11,13H2,1H3,(H,24,28)(H,25,30)/t15-/m0/s1. The Kier molecular flexibility index (Phi) is 5.92. The van der Waals surface area contributed by atoms with Crippen molar-refractivity contribution in [2.45, 2.75) is 19.5 Å². The number of benzene rings is 1. The first-order valence-corrected chi connectivity index (χ1v) is 10.2. The van der Waals surface area contributed by atoms with Gasteiger partial charge in [0.25, 0.3) is 5.91 Å². The van der Waals surface area contributed by atoms with Crippen molar-refractivity contribution in [2.75, 3.05) is 26.2 Å². The van der Waals surface area contributed by atoms with Gasteiger partial charge in [0.1, 0.15) is 11.8 Å². The zero-order valence-electron chi connectivity index (χ0n) is 17.3. The molecular weight excluding hydrogens is 398 g/mol. The van der Waals surface area contributed by atoms with E-state index in [0.29, 0.717) is 37.5 Å². The van der Waals surface area contributed by atoms with Crippen LogP contribution in [0.3, 0.4) is 0 Å². The van der Waals surface area contributed by atoms with E-state index in [9.17, 15) is 14.4 Å². The van der Waals surface area contributed by atoms with E-state index in [1.807, 2.05) is 24.3 Å². The highest BCUT2D eigenvalue weighted by Crippen LogP contribution is 2.20. The van der Waals surface area contributed by atoms with Crippen LogP contribution in [-0.2, 0) is 11.3 Å². The first kappa shape index (κ1) is 20.5. The first-order valence-electron chi connectivity index (χ1n) is 10.2. The normalized spacial score (nSPS) is 15.0. The smallest absolute Gasteiger partial charge is 0.318 e. The minimum Gasteiger partial charge on any atom is -0.467 e. The number of fused-ring (bicyclic) bond motifs is 1. The van der Waals surface area contributed by atoms with Crippen LogP contribution < -0.4 is 10.6 Å². The summed E-state index contributed by atoms with van der Waals surface area (Å²) in [5.74, 6) is 0.295. The summed E-state index contributed by atoms with van der Waals surface area (Å²) in [5, 5.41) is 6.33. The molecule has 0 radical (unpaired) electrons. The number of para-hydroxylation sites is 1. The number of rotatable bonds is 5. The van der Waals surface area contributed by atoms with Crippen LogP contribution in [-0.4, -0.2) is 64.9 Å². The van der Waals surface area contributed by atoms with Crippen molar-refractivity contribution in [2.24, 2.45) is 0 Å². The number of hydrogen-bond donors (Lipinski definition) is 3. The van der Waals surface area contributed by atoms with Crippen LogP contribution in [0.15, 0.2) is 53.3 Å². The van der Waals surface area contributed by atoms with Gasteiger partial charge < -0.3 is 29.8 Å². The lowest BCUT2D eigenvalue weighted by Crippen LogP contribution is -2.56. The highest BCUT2D eigenvalue weighted by Gasteiger charge is 2.27. The maximum atomic E-state index is 12.9. The lowest BCUT2D eigenvalue weighted by molar-refractivity contribution is -0.122. The average Bonchev–Trinajstić information content (AvgIpc) is 3.47. The molecule has 1 aliphatic rings. The van der Waals surface area contributed by atoms with Gasteiger partial charge in [0.05, 0.1) is 18.4 Å². The van der Waals surface area contributed by atoms with E-state index in [1.165, 1.54) is 6.26 Å². The largest absolute Gasteiger partial charge is 0.467 e. The summed E-state index contributed by atoms with van der Waals surface area (Å²) in [7, 11) is 0. The monoisotopic (exact) mass is 423 g/mol. The molecule has 1 saturated heterocycles. The molecule has 4 amide bonds. The number of urea groups is 1. The van der Waals surface area contributed by atoms with Crippen molar-refractivity contribution < 1.29 is 18.8 Å². The number of hydrogen-bond acceptors (Lipinski definition) is 4. The fourth-order valence-corrected chi connectivity index (χ4v) is 3.61. The molecule has 0 saturated carbocycles.